The number of benzene rings is 2. The van der Waals surface area contributed by atoms with Crippen LogP contribution in [0.5, 0.6) is 5.75 Å². The molecule has 2 atom stereocenters. The number of phenols is 1. The molecule has 2 rings (SSSR count). The van der Waals surface area contributed by atoms with E-state index in [1.165, 1.54) is 12.1 Å². The summed E-state index contributed by atoms with van der Waals surface area (Å²) in [4.78, 5) is 4.03. The lowest BCUT2D eigenvalue weighted by atomic mass is 9.95. The van der Waals surface area contributed by atoms with Gasteiger partial charge in [0.05, 0.1) is 0 Å². The molecule has 1 N–H and O–H groups in total. The van der Waals surface area contributed by atoms with E-state index in [0.29, 0.717) is 14.3 Å². The number of phenolic OH excluding ortho intramolecular Hbond substituents is 1. The van der Waals surface area contributed by atoms with Crippen molar-refractivity contribution in [1.82, 2.24) is 0 Å². The Bertz CT molecular complexity index is 729. The molecule has 2 aromatic rings. The van der Waals surface area contributed by atoms with Gasteiger partial charge < -0.3 is 5.11 Å². The van der Waals surface area contributed by atoms with Crippen molar-refractivity contribution in [2.75, 3.05) is 7.05 Å². The van der Waals surface area contributed by atoms with Crippen molar-refractivity contribution < 1.29 is 9.50 Å². The Morgan fingerprint density at radius 2 is 2.00 bits per heavy atom. The molecule has 23 heavy (non-hydrogen) atoms. The van der Waals surface area contributed by atoms with E-state index < -0.39 is 0 Å². The smallest absolute Gasteiger partial charge is 0.123 e. The van der Waals surface area contributed by atoms with Crippen LogP contribution in [0.25, 0.3) is 0 Å². The first-order valence-corrected chi connectivity index (χ1v) is 8.69. The summed E-state index contributed by atoms with van der Waals surface area (Å²) in [5.74, 6) is 0.0605. The fraction of sp³-hybridized carbons (Fsp3) is 0.316. The molecule has 0 aliphatic rings. The number of hydrogen-bond acceptors (Lipinski definition) is 2. The third-order valence-electron chi connectivity index (χ3n) is 4.15. The Hall–Kier alpha value is -1.73. The highest BCUT2D eigenvalue weighted by molar-refractivity contribution is 7.48. The number of rotatable bonds is 5. The maximum Gasteiger partial charge on any atom is 0.123 e. The van der Waals surface area contributed by atoms with Gasteiger partial charge in [-0.2, -0.15) is 0 Å². The zero-order valence-electron chi connectivity index (χ0n) is 14.0. The summed E-state index contributed by atoms with van der Waals surface area (Å²) in [6, 6.07) is 10.5. The van der Waals surface area contributed by atoms with Gasteiger partial charge in [-0.25, -0.2) is 4.39 Å². The summed E-state index contributed by atoms with van der Waals surface area (Å²) in [6.45, 7) is 6.29. The Morgan fingerprint density at radius 3 is 2.65 bits per heavy atom. The fourth-order valence-corrected chi connectivity index (χ4v) is 4.18. The van der Waals surface area contributed by atoms with Gasteiger partial charge >= 0.3 is 0 Å². The highest BCUT2D eigenvalue weighted by Gasteiger charge is 2.29. The van der Waals surface area contributed by atoms with Crippen LogP contribution in [-0.4, -0.2) is 18.4 Å². The zero-order chi connectivity index (χ0) is 17.0. The van der Waals surface area contributed by atoms with Crippen LogP contribution in [0, 0.1) is 12.7 Å². The second-order valence-corrected chi connectivity index (χ2v) is 7.84. The molecule has 0 fully saturated rings. The van der Waals surface area contributed by atoms with Crippen molar-refractivity contribution in [3.8, 4) is 5.75 Å². The summed E-state index contributed by atoms with van der Waals surface area (Å²) in [7, 11) is 2.09. The van der Waals surface area contributed by atoms with Gasteiger partial charge in [0.15, 0.2) is 0 Å². The highest BCUT2D eigenvalue weighted by Crippen LogP contribution is 2.47. The summed E-state index contributed by atoms with van der Waals surface area (Å²) in [6.07, 6.45) is 2.57. The average molecular weight is 331 g/mol. The molecule has 0 aliphatic carbocycles. The van der Waals surface area contributed by atoms with Crippen LogP contribution in [0.15, 0.2) is 41.4 Å². The number of aliphatic imine (C=N–C) groups is 1. The topological polar surface area (TPSA) is 32.6 Å². The largest absolute Gasteiger partial charge is 0.508 e. The third-order valence-corrected chi connectivity index (χ3v) is 6.05. The second kappa shape index (κ2) is 7.23. The zero-order valence-corrected chi connectivity index (χ0v) is 15.0. The molecule has 0 bridgehead atoms. The highest BCUT2D eigenvalue weighted by atomic mass is 31.1. The Kier molecular flexibility index (Phi) is 5.54. The SMILES string of the molecule is CCC(C)(Pc1ccc(F)cc1C=NC)c1cc(C)ccc1O. The van der Waals surface area contributed by atoms with E-state index in [9.17, 15) is 9.50 Å². The molecule has 0 saturated carbocycles. The van der Waals surface area contributed by atoms with Crippen LogP contribution < -0.4 is 5.30 Å². The summed E-state index contributed by atoms with van der Waals surface area (Å²) in [5, 5.41) is 11.2. The maximum atomic E-state index is 13.5. The number of halogens is 1. The summed E-state index contributed by atoms with van der Waals surface area (Å²) < 4.78 is 13.5. The molecule has 2 unspecified atom stereocenters. The molecular formula is C19H23FNOP. The molecule has 0 saturated heterocycles. The molecule has 4 heteroatoms. The fourth-order valence-electron chi connectivity index (χ4n) is 2.63. The van der Waals surface area contributed by atoms with Crippen molar-refractivity contribution in [2.24, 2.45) is 4.99 Å². The van der Waals surface area contributed by atoms with Crippen molar-refractivity contribution in [2.45, 2.75) is 32.3 Å². The quantitative estimate of drug-likeness (QED) is 0.634. The molecule has 0 spiro atoms. The van der Waals surface area contributed by atoms with E-state index in [-0.39, 0.29) is 11.0 Å². The summed E-state index contributed by atoms with van der Waals surface area (Å²) in [5.41, 5.74) is 2.87. The van der Waals surface area contributed by atoms with E-state index in [0.717, 1.165) is 28.4 Å². The first-order chi connectivity index (χ1) is 10.9. The van der Waals surface area contributed by atoms with Gasteiger partial charge in [-0.3, -0.25) is 4.99 Å². The van der Waals surface area contributed by atoms with Gasteiger partial charge in [0.1, 0.15) is 11.6 Å². The minimum absolute atomic E-state index is 0.204. The lowest BCUT2D eigenvalue weighted by Gasteiger charge is -2.31. The van der Waals surface area contributed by atoms with Crippen LogP contribution in [-0.2, 0) is 5.16 Å². The van der Waals surface area contributed by atoms with Crippen LogP contribution in [0.4, 0.5) is 4.39 Å². The van der Waals surface area contributed by atoms with Gasteiger partial charge in [-0.1, -0.05) is 46.2 Å². The minimum Gasteiger partial charge on any atom is -0.508 e. The van der Waals surface area contributed by atoms with Crippen LogP contribution >= 0.6 is 8.58 Å². The number of nitrogens with zero attached hydrogens (tertiary/aromatic N) is 1. The number of aryl methyl sites for hydroxylation is 1. The first-order valence-electron chi connectivity index (χ1n) is 7.69. The van der Waals surface area contributed by atoms with E-state index >= 15 is 0 Å². The predicted octanol–water partition coefficient (Wildman–Crippen LogP) is 4.52. The Morgan fingerprint density at radius 1 is 1.26 bits per heavy atom. The molecule has 0 aromatic heterocycles. The van der Waals surface area contributed by atoms with E-state index in [1.54, 1.807) is 19.3 Å². The lowest BCUT2D eigenvalue weighted by molar-refractivity contribution is 0.456. The minimum atomic E-state index is -0.259. The van der Waals surface area contributed by atoms with Crippen LogP contribution in [0.1, 0.15) is 37.0 Å². The molecule has 0 aliphatic heterocycles. The van der Waals surface area contributed by atoms with E-state index in [4.69, 9.17) is 0 Å². The second-order valence-electron chi connectivity index (χ2n) is 5.95. The van der Waals surface area contributed by atoms with Crippen molar-refractivity contribution in [3.63, 3.8) is 0 Å². The normalized spacial score (nSPS) is 14.7. The Balaban J connectivity index is 2.48. The van der Waals surface area contributed by atoms with Gasteiger partial charge in [0.25, 0.3) is 0 Å². The molecule has 0 amide bonds. The molecule has 122 valence electrons. The monoisotopic (exact) mass is 331 g/mol. The third kappa shape index (κ3) is 3.97. The predicted molar refractivity (Wildman–Crippen MR) is 98.4 cm³/mol. The van der Waals surface area contributed by atoms with Gasteiger partial charge in [0, 0.05) is 29.5 Å². The molecule has 0 radical (unpaired) electrons. The van der Waals surface area contributed by atoms with Crippen molar-refractivity contribution >= 4 is 20.1 Å². The molecule has 2 nitrogen and oxygen atoms in total. The van der Waals surface area contributed by atoms with Crippen LogP contribution in [0.3, 0.4) is 0 Å². The number of aromatic hydroxyl groups is 1. The van der Waals surface area contributed by atoms with E-state index in [1.807, 2.05) is 25.1 Å². The summed E-state index contributed by atoms with van der Waals surface area (Å²) >= 11 is 0. The molecular weight excluding hydrogens is 308 g/mol. The lowest BCUT2D eigenvalue weighted by Crippen LogP contribution is -2.20. The standard InChI is InChI=1S/C19H23FNOP/c1-5-19(3,16-10-13(2)6-8-17(16)22)23-18-9-7-15(20)11-14(18)12-21-4/h6-12,22-23H,5H2,1-4H3. The maximum absolute atomic E-state index is 13.5. The average Bonchev–Trinajstić information content (AvgIpc) is 2.52. The van der Waals surface area contributed by atoms with Gasteiger partial charge in [0.2, 0.25) is 0 Å². The van der Waals surface area contributed by atoms with Gasteiger partial charge in [-0.15, -0.1) is 0 Å². The molecule has 2 aromatic carbocycles. The first kappa shape index (κ1) is 17.6. The van der Waals surface area contributed by atoms with Crippen molar-refractivity contribution in [3.05, 3.63) is 58.9 Å². The van der Waals surface area contributed by atoms with E-state index in [2.05, 4.69) is 18.8 Å². The van der Waals surface area contributed by atoms with Crippen molar-refractivity contribution in [1.29, 1.82) is 0 Å². The molecule has 0 heterocycles. The van der Waals surface area contributed by atoms with Crippen LogP contribution in [0.2, 0.25) is 0 Å². The Labute approximate surface area is 139 Å². The van der Waals surface area contributed by atoms with Gasteiger partial charge in [-0.05, 0) is 36.8 Å². The number of hydrogen-bond donors (Lipinski definition) is 1.